The van der Waals surface area contributed by atoms with Gasteiger partial charge in [0, 0.05) is 6.07 Å². The molecule has 3 aromatic rings. The van der Waals surface area contributed by atoms with Crippen molar-refractivity contribution in [3.63, 3.8) is 0 Å². The molecule has 2 aromatic heterocycles. The maximum atomic E-state index is 10.4. The molecule has 0 saturated heterocycles. The lowest BCUT2D eigenvalue weighted by molar-refractivity contribution is 0.0349. The Hall–Kier alpha value is -3.17. The second-order valence-corrected chi connectivity index (χ2v) is 7.65. The van der Waals surface area contributed by atoms with Crippen LogP contribution in [0.1, 0.15) is 36.6 Å². The van der Waals surface area contributed by atoms with E-state index in [2.05, 4.69) is 15.2 Å². The van der Waals surface area contributed by atoms with Crippen molar-refractivity contribution in [2.24, 2.45) is 0 Å². The maximum Gasteiger partial charge on any atom is 0.319 e. The lowest BCUT2D eigenvalue weighted by Crippen LogP contribution is -2.15. The normalized spacial score (nSPS) is 15.7. The fourth-order valence-electron chi connectivity index (χ4n) is 3.80. The Morgan fingerprint density at radius 1 is 1.07 bits per heavy atom. The molecule has 0 saturated carbocycles. The smallest absolute Gasteiger partial charge is 0.319 e. The molecule has 9 nitrogen and oxygen atoms in total. The number of ether oxygens (including phenoxy) is 1. The molecule has 1 atom stereocenters. The fraction of sp³-hybridized carbons (Fsp3) is 0.381. The van der Waals surface area contributed by atoms with Crippen molar-refractivity contribution in [3.8, 4) is 34.7 Å². The molecule has 30 heavy (non-hydrogen) atoms. The zero-order chi connectivity index (χ0) is 21.4. The highest BCUT2D eigenvalue weighted by molar-refractivity contribution is 5.64. The molecule has 4 rings (SSSR count). The zero-order valence-electron chi connectivity index (χ0n) is 16.8. The molecule has 0 aliphatic heterocycles. The van der Waals surface area contributed by atoms with Crippen LogP contribution in [0, 0.1) is 0 Å². The van der Waals surface area contributed by atoms with Crippen LogP contribution in [0.5, 0.6) is 17.5 Å². The minimum Gasteiger partial charge on any atom is -0.506 e. The van der Waals surface area contributed by atoms with E-state index in [1.165, 1.54) is 10.6 Å². The molecule has 9 heteroatoms. The average molecular weight is 412 g/mol. The Balaban J connectivity index is 1.75. The molecule has 0 bridgehead atoms. The first kappa shape index (κ1) is 20.1. The van der Waals surface area contributed by atoms with E-state index in [-0.39, 0.29) is 47.7 Å². The maximum absolute atomic E-state index is 10.4. The second-order valence-electron chi connectivity index (χ2n) is 7.65. The van der Waals surface area contributed by atoms with E-state index in [1.54, 1.807) is 0 Å². The van der Waals surface area contributed by atoms with E-state index in [0.717, 1.165) is 17.5 Å². The van der Waals surface area contributed by atoms with Gasteiger partial charge in [-0.25, -0.2) is 9.55 Å². The standard InChI is InChI=1S/C21H24N4O5/c1-11(2)18-16(27)10-17(28)19(22-18)20-23-24-21(29)25(20)14-4-3-12-8-15(30-6-5-26)9-13(12)7-14/h3-4,7,10-11,15,26-28H,5-6,8-9H2,1-2H3,(H,24,29). The number of rotatable bonds is 6. The van der Waals surface area contributed by atoms with Crippen molar-refractivity contribution in [2.75, 3.05) is 13.2 Å². The Labute approximate surface area is 173 Å². The quantitative estimate of drug-likeness (QED) is 0.483. The van der Waals surface area contributed by atoms with E-state index in [1.807, 2.05) is 32.0 Å². The summed E-state index contributed by atoms with van der Waals surface area (Å²) in [6.45, 7) is 4.03. The van der Waals surface area contributed by atoms with Gasteiger partial charge in [-0.1, -0.05) is 25.0 Å². The first-order valence-electron chi connectivity index (χ1n) is 9.81. The molecule has 0 fully saturated rings. The molecule has 4 N–H and O–H groups in total. The number of fused-ring (bicyclic) bond motifs is 1. The number of hydrogen-bond donors (Lipinski definition) is 4. The van der Waals surface area contributed by atoms with Gasteiger partial charge in [0.05, 0.1) is 30.7 Å². The van der Waals surface area contributed by atoms with Gasteiger partial charge < -0.3 is 25.2 Å². The van der Waals surface area contributed by atoms with E-state index >= 15 is 0 Å². The van der Waals surface area contributed by atoms with Crippen LogP contribution in [-0.2, 0) is 17.6 Å². The van der Waals surface area contributed by atoms with Crippen LogP contribution < -0.4 is 0 Å². The van der Waals surface area contributed by atoms with Gasteiger partial charge in [0.15, 0.2) is 11.5 Å². The first-order chi connectivity index (χ1) is 14.4. The lowest BCUT2D eigenvalue weighted by atomic mass is 10.1. The Kier molecular flexibility index (Phi) is 5.31. The van der Waals surface area contributed by atoms with Crippen LogP contribution in [-0.4, -0.2) is 59.5 Å². The highest BCUT2D eigenvalue weighted by Gasteiger charge is 2.25. The summed E-state index contributed by atoms with van der Waals surface area (Å²) in [5.41, 5.74) is 3.36. The zero-order valence-corrected chi connectivity index (χ0v) is 16.8. The summed E-state index contributed by atoms with van der Waals surface area (Å²) in [6.07, 6.45) is 1.46. The third-order valence-electron chi connectivity index (χ3n) is 5.20. The van der Waals surface area contributed by atoms with Crippen molar-refractivity contribution in [1.82, 2.24) is 19.7 Å². The number of aliphatic hydroxyl groups is 1. The minimum atomic E-state index is -0.337. The van der Waals surface area contributed by atoms with Crippen LogP contribution in [0.2, 0.25) is 0 Å². The predicted octanol–water partition coefficient (Wildman–Crippen LogP) is 2.05. The van der Waals surface area contributed by atoms with Crippen LogP contribution in [0.4, 0.5) is 0 Å². The van der Waals surface area contributed by atoms with Crippen LogP contribution in [0.3, 0.4) is 0 Å². The van der Waals surface area contributed by atoms with Crippen molar-refractivity contribution >= 4 is 0 Å². The Bertz CT molecular complexity index is 1080. The van der Waals surface area contributed by atoms with Gasteiger partial charge in [-0.05, 0) is 42.0 Å². The molecule has 1 aromatic carbocycles. The topological polar surface area (TPSA) is 134 Å². The predicted molar refractivity (Wildman–Crippen MR) is 108 cm³/mol. The molecule has 2 heterocycles. The Morgan fingerprint density at radius 2 is 1.83 bits per heavy atom. The van der Waals surface area contributed by atoms with Gasteiger partial charge in [-0.3, -0.25) is 0 Å². The molecule has 1 unspecified atom stereocenters. The van der Waals surface area contributed by atoms with E-state index in [4.69, 9.17) is 9.84 Å². The highest BCUT2D eigenvalue weighted by atomic mass is 16.5. The molecule has 158 valence electrons. The average Bonchev–Trinajstić information content (AvgIpc) is 3.28. The highest BCUT2D eigenvalue weighted by Crippen LogP contribution is 2.36. The largest absolute Gasteiger partial charge is 0.506 e. The van der Waals surface area contributed by atoms with Gasteiger partial charge in [0.1, 0.15) is 11.5 Å². The third-order valence-corrected chi connectivity index (χ3v) is 5.20. The number of hydrogen-bond acceptors (Lipinski definition) is 8. The molecule has 1 aliphatic rings. The monoisotopic (exact) mass is 412 g/mol. The second kappa shape index (κ2) is 7.92. The minimum absolute atomic E-state index is 0.00721. The summed E-state index contributed by atoms with van der Waals surface area (Å²) in [5.74, 6) is -0.278. The van der Waals surface area contributed by atoms with Crippen molar-refractivity contribution < 1.29 is 25.2 Å². The Morgan fingerprint density at radius 3 is 2.57 bits per heavy atom. The fourth-order valence-corrected chi connectivity index (χ4v) is 3.80. The summed E-state index contributed by atoms with van der Waals surface area (Å²) in [4.78, 5) is 4.38. The van der Waals surface area contributed by atoms with Gasteiger partial charge in [-0.15, -0.1) is 5.10 Å². The summed E-state index contributed by atoms with van der Waals surface area (Å²) in [7, 11) is 0. The van der Waals surface area contributed by atoms with Crippen molar-refractivity contribution in [3.05, 3.63) is 41.1 Å². The number of benzene rings is 1. The summed E-state index contributed by atoms with van der Waals surface area (Å²) >= 11 is 0. The van der Waals surface area contributed by atoms with Gasteiger partial charge >= 0.3 is 6.01 Å². The van der Waals surface area contributed by atoms with E-state index < -0.39 is 0 Å². The molecule has 0 radical (unpaired) electrons. The van der Waals surface area contributed by atoms with Crippen molar-refractivity contribution in [2.45, 2.75) is 38.7 Å². The molecule has 1 aliphatic carbocycles. The number of nitrogens with zero attached hydrogens (tertiary/aromatic N) is 4. The number of aromatic hydroxyl groups is 3. The first-order valence-corrected chi connectivity index (χ1v) is 9.81. The lowest BCUT2D eigenvalue weighted by Gasteiger charge is -2.13. The number of aliphatic hydroxyl groups excluding tert-OH is 1. The van der Waals surface area contributed by atoms with Gasteiger partial charge in [0.25, 0.3) is 0 Å². The van der Waals surface area contributed by atoms with Crippen LogP contribution >= 0.6 is 0 Å². The molecular weight excluding hydrogens is 388 g/mol. The summed E-state index contributed by atoms with van der Waals surface area (Å²) in [5, 5.41) is 47.6. The summed E-state index contributed by atoms with van der Waals surface area (Å²) in [6, 6.07) is 6.60. The van der Waals surface area contributed by atoms with Crippen LogP contribution in [0.25, 0.3) is 17.2 Å². The van der Waals surface area contributed by atoms with E-state index in [0.29, 0.717) is 24.4 Å². The summed E-state index contributed by atoms with van der Waals surface area (Å²) < 4.78 is 7.05. The third kappa shape index (κ3) is 3.57. The molecule has 0 amide bonds. The SMILES string of the molecule is CC(C)c1nc(-c2nnc(O)n2-c2ccc3c(c2)CC(OCCO)C3)c(O)cc1O. The number of aromatic nitrogens is 4. The van der Waals surface area contributed by atoms with Gasteiger partial charge in [0.2, 0.25) is 0 Å². The van der Waals surface area contributed by atoms with Gasteiger partial charge in [-0.2, -0.15) is 0 Å². The molecular formula is C21H24N4O5. The number of pyridine rings is 1. The van der Waals surface area contributed by atoms with E-state index in [9.17, 15) is 15.3 Å². The van der Waals surface area contributed by atoms with Crippen molar-refractivity contribution in [1.29, 1.82) is 0 Å². The molecule has 0 spiro atoms. The van der Waals surface area contributed by atoms with Crippen LogP contribution in [0.15, 0.2) is 24.3 Å².